The fraction of sp³-hybridized carbons (Fsp3) is 1.00. The Bertz CT molecular complexity index is 205. The largest absolute Gasteiger partial charge is 0.396 e. The zero-order valence-electron chi connectivity index (χ0n) is 13.2. The molecule has 0 aromatic heterocycles. The number of rotatable bonds is 9. The molecule has 3 nitrogen and oxygen atoms in total. The highest BCUT2D eigenvalue weighted by molar-refractivity contribution is 4.83. The van der Waals surface area contributed by atoms with Gasteiger partial charge in [0.15, 0.2) is 0 Å². The molecular formula is C16H34N2O. The number of piperidine rings is 1. The first-order valence-electron chi connectivity index (χ1n) is 8.22. The molecule has 3 heteroatoms. The lowest BCUT2D eigenvalue weighted by Gasteiger charge is -2.38. The van der Waals surface area contributed by atoms with E-state index in [4.69, 9.17) is 5.11 Å². The van der Waals surface area contributed by atoms with E-state index in [1.165, 1.54) is 45.3 Å². The van der Waals surface area contributed by atoms with Crippen LogP contribution in [0.5, 0.6) is 0 Å². The monoisotopic (exact) mass is 270 g/mol. The first-order valence-corrected chi connectivity index (χ1v) is 8.22. The zero-order valence-corrected chi connectivity index (χ0v) is 13.2. The average molecular weight is 270 g/mol. The van der Waals surface area contributed by atoms with Gasteiger partial charge in [0, 0.05) is 25.7 Å². The van der Waals surface area contributed by atoms with E-state index in [0.29, 0.717) is 12.6 Å². The number of aliphatic hydroxyl groups excluding tert-OH is 1. The fourth-order valence-electron chi connectivity index (χ4n) is 3.01. The van der Waals surface area contributed by atoms with Crippen molar-refractivity contribution in [2.45, 2.75) is 58.9 Å². The molecule has 0 aromatic carbocycles. The van der Waals surface area contributed by atoms with Crippen molar-refractivity contribution >= 4 is 0 Å². The molecule has 0 amide bonds. The second kappa shape index (κ2) is 9.73. The summed E-state index contributed by atoms with van der Waals surface area (Å²) in [7, 11) is 0. The van der Waals surface area contributed by atoms with Crippen LogP contribution >= 0.6 is 0 Å². The Balaban J connectivity index is 2.40. The van der Waals surface area contributed by atoms with Crippen molar-refractivity contribution in [3.05, 3.63) is 0 Å². The standard InChI is InChI=1S/C16H34N2O/c1-4-5-8-18-12-15(7-6-9-19)10-16(13-18)17-11-14(2)3/h14-17,19H,4-13H2,1-3H3. The molecule has 0 saturated carbocycles. The van der Waals surface area contributed by atoms with Crippen molar-refractivity contribution in [2.24, 2.45) is 11.8 Å². The van der Waals surface area contributed by atoms with Gasteiger partial charge in [-0.1, -0.05) is 27.2 Å². The number of unbranched alkanes of at least 4 members (excludes halogenated alkanes) is 1. The molecule has 2 N–H and O–H groups in total. The topological polar surface area (TPSA) is 35.5 Å². The molecule has 1 saturated heterocycles. The van der Waals surface area contributed by atoms with Crippen LogP contribution in [0.4, 0.5) is 0 Å². The van der Waals surface area contributed by atoms with E-state index >= 15 is 0 Å². The normalized spacial score (nSPS) is 25.1. The van der Waals surface area contributed by atoms with E-state index in [-0.39, 0.29) is 0 Å². The Morgan fingerprint density at radius 3 is 2.68 bits per heavy atom. The average Bonchev–Trinajstić information content (AvgIpc) is 2.40. The Kier molecular flexibility index (Phi) is 8.67. The number of nitrogens with zero attached hydrogens (tertiary/aromatic N) is 1. The third kappa shape index (κ3) is 7.28. The molecule has 0 radical (unpaired) electrons. The van der Waals surface area contributed by atoms with Crippen molar-refractivity contribution in [3.63, 3.8) is 0 Å². The second-order valence-corrected chi connectivity index (χ2v) is 6.58. The van der Waals surface area contributed by atoms with Gasteiger partial charge in [0.2, 0.25) is 0 Å². The number of nitrogens with one attached hydrogen (secondary N) is 1. The summed E-state index contributed by atoms with van der Waals surface area (Å²) in [5.41, 5.74) is 0. The van der Waals surface area contributed by atoms with E-state index < -0.39 is 0 Å². The molecule has 1 rings (SSSR count). The van der Waals surface area contributed by atoms with Gasteiger partial charge in [-0.25, -0.2) is 0 Å². The third-order valence-electron chi connectivity index (χ3n) is 4.03. The Labute approximate surface area is 119 Å². The summed E-state index contributed by atoms with van der Waals surface area (Å²) < 4.78 is 0. The Morgan fingerprint density at radius 1 is 1.26 bits per heavy atom. The molecule has 2 atom stereocenters. The predicted octanol–water partition coefficient (Wildman–Crippen LogP) is 2.50. The van der Waals surface area contributed by atoms with Crippen molar-refractivity contribution in [1.29, 1.82) is 0 Å². The van der Waals surface area contributed by atoms with Crippen LogP contribution in [0, 0.1) is 11.8 Å². The molecular weight excluding hydrogens is 236 g/mol. The van der Waals surface area contributed by atoms with Crippen LogP contribution in [-0.2, 0) is 0 Å². The minimum atomic E-state index is 0.343. The van der Waals surface area contributed by atoms with Crippen molar-refractivity contribution < 1.29 is 5.11 Å². The van der Waals surface area contributed by atoms with Crippen molar-refractivity contribution in [1.82, 2.24) is 10.2 Å². The van der Waals surface area contributed by atoms with E-state index in [1.807, 2.05) is 0 Å². The van der Waals surface area contributed by atoms with Gasteiger partial charge in [-0.05, 0) is 50.6 Å². The highest BCUT2D eigenvalue weighted by Gasteiger charge is 2.26. The van der Waals surface area contributed by atoms with Crippen LogP contribution in [0.25, 0.3) is 0 Å². The van der Waals surface area contributed by atoms with Crippen LogP contribution in [-0.4, -0.2) is 48.8 Å². The lowest BCUT2D eigenvalue weighted by Crippen LogP contribution is -2.50. The molecule has 1 fully saturated rings. The van der Waals surface area contributed by atoms with Crippen LogP contribution in [0.2, 0.25) is 0 Å². The molecule has 0 bridgehead atoms. The molecule has 1 aliphatic rings. The first-order chi connectivity index (χ1) is 9.15. The smallest absolute Gasteiger partial charge is 0.0431 e. The van der Waals surface area contributed by atoms with Crippen LogP contribution in [0.3, 0.4) is 0 Å². The molecule has 0 aliphatic carbocycles. The van der Waals surface area contributed by atoms with Gasteiger partial charge in [-0.3, -0.25) is 0 Å². The van der Waals surface area contributed by atoms with E-state index in [0.717, 1.165) is 24.8 Å². The summed E-state index contributed by atoms with van der Waals surface area (Å²) in [5.74, 6) is 1.49. The summed E-state index contributed by atoms with van der Waals surface area (Å²) >= 11 is 0. The van der Waals surface area contributed by atoms with Crippen LogP contribution < -0.4 is 5.32 Å². The van der Waals surface area contributed by atoms with Crippen LogP contribution in [0.1, 0.15) is 52.9 Å². The number of hydrogen-bond acceptors (Lipinski definition) is 3. The van der Waals surface area contributed by atoms with E-state index in [2.05, 4.69) is 31.0 Å². The minimum Gasteiger partial charge on any atom is -0.396 e. The van der Waals surface area contributed by atoms with Gasteiger partial charge in [0.05, 0.1) is 0 Å². The third-order valence-corrected chi connectivity index (χ3v) is 4.03. The maximum atomic E-state index is 9.02. The molecule has 1 aliphatic heterocycles. The minimum absolute atomic E-state index is 0.343. The molecule has 2 unspecified atom stereocenters. The van der Waals surface area contributed by atoms with E-state index in [9.17, 15) is 0 Å². The molecule has 0 spiro atoms. The molecule has 1 heterocycles. The van der Waals surface area contributed by atoms with Gasteiger partial charge in [-0.2, -0.15) is 0 Å². The first kappa shape index (κ1) is 16.9. The second-order valence-electron chi connectivity index (χ2n) is 6.58. The summed E-state index contributed by atoms with van der Waals surface area (Å²) in [6.45, 7) is 12.0. The lowest BCUT2D eigenvalue weighted by atomic mass is 9.90. The maximum absolute atomic E-state index is 9.02. The summed E-state index contributed by atoms with van der Waals surface area (Å²) in [5, 5.41) is 12.7. The summed E-state index contributed by atoms with van der Waals surface area (Å²) in [4.78, 5) is 2.63. The van der Waals surface area contributed by atoms with Crippen LogP contribution in [0.15, 0.2) is 0 Å². The van der Waals surface area contributed by atoms with Gasteiger partial charge >= 0.3 is 0 Å². The molecule has 19 heavy (non-hydrogen) atoms. The Morgan fingerprint density at radius 2 is 2.05 bits per heavy atom. The fourth-order valence-corrected chi connectivity index (χ4v) is 3.01. The van der Waals surface area contributed by atoms with Gasteiger partial charge < -0.3 is 15.3 Å². The highest BCUT2D eigenvalue weighted by atomic mass is 16.2. The molecule has 114 valence electrons. The zero-order chi connectivity index (χ0) is 14.1. The quantitative estimate of drug-likeness (QED) is 0.676. The lowest BCUT2D eigenvalue weighted by molar-refractivity contribution is 0.127. The summed E-state index contributed by atoms with van der Waals surface area (Å²) in [6.07, 6.45) is 6.02. The predicted molar refractivity (Wildman–Crippen MR) is 82.4 cm³/mol. The van der Waals surface area contributed by atoms with Crippen molar-refractivity contribution in [2.75, 3.05) is 32.8 Å². The number of likely N-dealkylation sites (tertiary alicyclic amines) is 1. The van der Waals surface area contributed by atoms with Crippen molar-refractivity contribution in [3.8, 4) is 0 Å². The summed E-state index contributed by atoms with van der Waals surface area (Å²) in [6, 6.07) is 0.650. The number of hydrogen-bond donors (Lipinski definition) is 2. The maximum Gasteiger partial charge on any atom is 0.0431 e. The van der Waals surface area contributed by atoms with Gasteiger partial charge in [0.1, 0.15) is 0 Å². The molecule has 0 aromatic rings. The number of aliphatic hydroxyl groups is 1. The SMILES string of the molecule is CCCCN1CC(CCCO)CC(NCC(C)C)C1. The van der Waals surface area contributed by atoms with Gasteiger partial charge in [0.25, 0.3) is 0 Å². The van der Waals surface area contributed by atoms with E-state index in [1.54, 1.807) is 0 Å². The Hall–Kier alpha value is -0.120. The highest BCUT2D eigenvalue weighted by Crippen LogP contribution is 2.22. The van der Waals surface area contributed by atoms with Gasteiger partial charge in [-0.15, -0.1) is 0 Å².